The lowest BCUT2D eigenvalue weighted by Crippen LogP contribution is -2.65. The van der Waals surface area contributed by atoms with Crippen LogP contribution in [0.25, 0.3) is 0 Å². The summed E-state index contributed by atoms with van der Waals surface area (Å²) in [5.74, 6) is 1.03. The fraction of sp³-hybridized carbons (Fsp3) is 0.684. The van der Waals surface area contributed by atoms with Crippen LogP contribution in [0.5, 0.6) is 0 Å². The molecule has 0 aliphatic heterocycles. The molecule has 4 heteroatoms. The molecule has 5 aliphatic carbocycles. The number of fused-ring (bicyclic) bond motifs is 7. The number of hydrogen-bond acceptors (Lipinski definition) is 4. The predicted molar refractivity (Wildman–Crippen MR) is 166 cm³/mol. The first-order valence-electron chi connectivity index (χ1n) is 16.4. The Morgan fingerprint density at radius 2 is 1.64 bits per heavy atom. The first-order valence-corrected chi connectivity index (χ1v) is 16.4. The number of allylic oxidation sites excluding steroid dienone is 3. The molecule has 1 N–H and O–H groups in total. The van der Waals surface area contributed by atoms with E-state index in [0.29, 0.717) is 30.4 Å². The molecule has 0 radical (unpaired) electrons. The summed E-state index contributed by atoms with van der Waals surface area (Å²) in [6.45, 7) is 16.8. The zero-order valence-corrected chi connectivity index (χ0v) is 27.0. The van der Waals surface area contributed by atoms with E-state index >= 15 is 0 Å². The molecule has 0 aromatic heterocycles. The highest BCUT2D eigenvalue weighted by molar-refractivity contribution is 6.00. The van der Waals surface area contributed by atoms with E-state index in [1.54, 1.807) is 0 Å². The fourth-order valence-corrected chi connectivity index (χ4v) is 11.4. The standard InChI is InChI=1S/C38H52O4/c1-33(2)17-19-38(32(41)42-24-25-11-9-8-10-12-25)20-18-36(6)27(28(38)22-33)13-14-30-35(5)21-26(23-39)31(40)34(3,4)29(35)15-16-37(30,36)7/h8-13,23,28-30,39H,14-22,24H2,1-7H3/b26-23-/t28-,29-,30+,35-,36+,37+,38-/m0/s1. The molecule has 0 bridgehead atoms. The quantitative estimate of drug-likeness (QED) is 0.170. The number of benzene rings is 1. The molecule has 4 saturated carbocycles. The van der Waals surface area contributed by atoms with Crippen LogP contribution >= 0.6 is 0 Å². The van der Waals surface area contributed by atoms with Crippen LogP contribution in [0.15, 0.2) is 53.8 Å². The van der Waals surface area contributed by atoms with E-state index in [9.17, 15) is 14.7 Å². The SMILES string of the molecule is CC1(C)CC[C@]2(C(=O)OCc3ccccc3)CC[C@]3(C)C(=CC[C@@H]4[C@@]5(C)C/C(=C/O)C(=O)C(C)(C)[C@@H]5CC[C@]43C)[C@@H]2C1. The Balaban J connectivity index is 1.39. The molecular weight excluding hydrogens is 520 g/mol. The third-order valence-corrected chi connectivity index (χ3v) is 14.0. The molecule has 4 nitrogen and oxygen atoms in total. The van der Waals surface area contributed by atoms with E-state index in [1.165, 1.54) is 5.57 Å². The van der Waals surface area contributed by atoms with Crippen LogP contribution in [0.2, 0.25) is 0 Å². The second-order valence-corrected chi connectivity index (χ2v) is 16.8. The van der Waals surface area contributed by atoms with Gasteiger partial charge in [-0.15, -0.1) is 0 Å². The molecule has 0 spiro atoms. The lowest BCUT2D eigenvalue weighted by molar-refractivity contribution is -0.187. The zero-order chi connectivity index (χ0) is 30.3. The van der Waals surface area contributed by atoms with Crippen molar-refractivity contribution < 1.29 is 19.4 Å². The Bertz CT molecular complexity index is 1340. The summed E-state index contributed by atoms with van der Waals surface area (Å²) < 4.78 is 6.16. The van der Waals surface area contributed by atoms with Gasteiger partial charge in [0.2, 0.25) is 0 Å². The lowest BCUT2D eigenvalue weighted by atomic mass is 9.33. The number of carbonyl (C=O) groups is 2. The van der Waals surface area contributed by atoms with Crippen molar-refractivity contribution >= 4 is 11.8 Å². The maximum absolute atomic E-state index is 14.2. The van der Waals surface area contributed by atoms with Crippen LogP contribution in [0, 0.1) is 50.2 Å². The topological polar surface area (TPSA) is 63.6 Å². The van der Waals surface area contributed by atoms with Gasteiger partial charge < -0.3 is 9.84 Å². The molecule has 1 aromatic carbocycles. The van der Waals surface area contributed by atoms with Crippen molar-refractivity contribution in [3.8, 4) is 0 Å². The van der Waals surface area contributed by atoms with E-state index in [4.69, 9.17) is 4.74 Å². The Hall–Kier alpha value is -2.36. The Labute approximate surface area is 253 Å². The third kappa shape index (κ3) is 3.98. The minimum Gasteiger partial charge on any atom is -0.515 e. The van der Waals surface area contributed by atoms with Crippen molar-refractivity contribution in [1.82, 2.24) is 0 Å². The number of Topliss-reactive ketones (excluding diaryl/α,β-unsaturated/α-hetero) is 1. The van der Waals surface area contributed by atoms with Crippen molar-refractivity contribution in [2.75, 3.05) is 0 Å². The van der Waals surface area contributed by atoms with Crippen molar-refractivity contribution in [2.24, 2.45) is 50.2 Å². The molecule has 0 unspecified atom stereocenters. The normalized spacial score (nSPS) is 42.8. The monoisotopic (exact) mass is 572 g/mol. The Morgan fingerprint density at radius 3 is 2.33 bits per heavy atom. The van der Waals surface area contributed by atoms with Crippen LogP contribution in [-0.4, -0.2) is 16.9 Å². The molecule has 6 rings (SSSR count). The predicted octanol–water partition coefficient (Wildman–Crippen LogP) is 9.15. The van der Waals surface area contributed by atoms with Gasteiger partial charge in [-0.25, -0.2) is 0 Å². The average molecular weight is 573 g/mol. The minimum atomic E-state index is -0.481. The summed E-state index contributed by atoms with van der Waals surface area (Å²) in [5.41, 5.74) is 2.38. The van der Waals surface area contributed by atoms with E-state index in [1.807, 2.05) is 30.3 Å². The molecule has 1 aromatic rings. The van der Waals surface area contributed by atoms with Gasteiger partial charge >= 0.3 is 5.97 Å². The summed E-state index contributed by atoms with van der Waals surface area (Å²) in [5, 5.41) is 10.1. The number of carbonyl (C=O) groups excluding carboxylic acids is 2. The maximum Gasteiger partial charge on any atom is 0.313 e. The second kappa shape index (κ2) is 9.57. The van der Waals surface area contributed by atoms with Gasteiger partial charge in [-0.05, 0) is 103 Å². The van der Waals surface area contributed by atoms with Gasteiger partial charge in [0.1, 0.15) is 6.61 Å². The third-order valence-electron chi connectivity index (χ3n) is 14.0. The highest BCUT2D eigenvalue weighted by atomic mass is 16.5. The molecule has 42 heavy (non-hydrogen) atoms. The van der Waals surface area contributed by atoms with Crippen molar-refractivity contribution in [1.29, 1.82) is 0 Å². The summed E-state index contributed by atoms with van der Waals surface area (Å²) in [6.07, 6.45) is 12.3. The molecule has 0 saturated heterocycles. The van der Waals surface area contributed by atoms with Crippen LogP contribution in [0.1, 0.15) is 112 Å². The Kier molecular flexibility index (Phi) is 6.77. The first-order chi connectivity index (χ1) is 19.6. The van der Waals surface area contributed by atoms with E-state index in [-0.39, 0.29) is 39.3 Å². The summed E-state index contributed by atoms with van der Waals surface area (Å²) in [4.78, 5) is 27.6. The van der Waals surface area contributed by atoms with Crippen molar-refractivity contribution in [3.05, 3.63) is 59.4 Å². The number of ketones is 1. The van der Waals surface area contributed by atoms with Gasteiger partial charge in [0, 0.05) is 11.0 Å². The number of esters is 1. The molecule has 228 valence electrons. The minimum absolute atomic E-state index is 0.00279. The summed E-state index contributed by atoms with van der Waals surface area (Å²) >= 11 is 0. The number of aliphatic hydroxyl groups excluding tert-OH is 1. The second-order valence-electron chi connectivity index (χ2n) is 16.8. The summed E-state index contributed by atoms with van der Waals surface area (Å²) in [6, 6.07) is 10.1. The Morgan fingerprint density at radius 1 is 0.952 bits per heavy atom. The molecule has 4 fully saturated rings. The highest BCUT2D eigenvalue weighted by Gasteiger charge is 2.69. The van der Waals surface area contributed by atoms with Crippen LogP contribution in [0.3, 0.4) is 0 Å². The van der Waals surface area contributed by atoms with Crippen molar-refractivity contribution in [3.63, 3.8) is 0 Å². The maximum atomic E-state index is 14.2. The van der Waals surface area contributed by atoms with Crippen molar-refractivity contribution in [2.45, 2.75) is 113 Å². The van der Waals surface area contributed by atoms with Crippen LogP contribution < -0.4 is 0 Å². The number of hydrogen-bond donors (Lipinski definition) is 1. The lowest BCUT2D eigenvalue weighted by Gasteiger charge is -2.70. The van der Waals surface area contributed by atoms with Gasteiger partial charge in [-0.3, -0.25) is 9.59 Å². The zero-order valence-electron chi connectivity index (χ0n) is 27.0. The average Bonchev–Trinajstić information content (AvgIpc) is 2.94. The van der Waals surface area contributed by atoms with E-state index in [2.05, 4.69) is 54.5 Å². The number of ether oxygens (including phenoxy) is 1. The largest absolute Gasteiger partial charge is 0.515 e. The molecule has 5 aliphatic rings. The fourth-order valence-electron chi connectivity index (χ4n) is 11.4. The van der Waals surface area contributed by atoms with E-state index < -0.39 is 10.8 Å². The molecule has 7 atom stereocenters. The van der Waals surface area contributed by atoms with Gasteiger partial charge in [-0.1, -0.05) is 90.4 Å². The molecule has 0 heterocycles. The van der Waals surface area contributed by atoms with Gasteiger partial charge in [0.05, 0.1) is 11.7 Å². The first kappa shape index (κ1) is 29.7. The van der Waals surface area contributed by atoms with Gasteiger partial charge in [0.25, 0.3) is 0 Å². The highest BCUT2D eigenvalue weighted by Crippen LogP contribution is 2.75. The summed E-state index contributed by atoms with van der Waals surface area (Å²) in [7, 11) is 0. The van der Waals surface area contributed by atoms with Gasteiger partial charge in [0.15, 0.2) is 5.78 Å². The number of rotatable bonds is 3. The van der Waals surface area contributed by atoms with Gasteiger partial charge in [-0.2, -0.15) is 0 Å². The molecular formula is C38H52O4. The molecule has 0 amide bonds. The van der Waals surface area contributed by atoms with Crippen LogP contribution in [0.4, 0.5) is 0 Å². The number of aliphatic hydroxyl groups is 1. The smallest absolute Gasteiger partial charge is 0.313 e. The van der Waals surface area contributed by atoms with Crippen LogP contribution in [-0.2, 0) is 20.9 Å². The van der Waals surface area contributed by atoms with E-state index in [0.717, 1.165) is 63.2 Å².